The molecule has 0 aromatic carbocycles. The predicted octanol–water partition coefficient (Wildman–Crippen LogP) is 3.50. The molecule has 0 amide bonds. The molecule has 0 fully saturated rings. The van der Waals surface area contributed by atoms with Gasteiger partial charge in [-0.05, 0) is 40.3 Å². The first kappa shape index (κ1) is 11.1. The molecule has 1 aliphatic rings. The lowest BCUT2D eigenvalue weighted by Crippen LogP contribution is -2.27. The van der Waals surface area contributed by atoms with Crippen molar-refractivity contribution in [3.05, 3.63) is 28.0 Å². The molecule has 1 aliphatic carbocycles. The Labute approximate surface area is 99.2 Å². The lowest BCUT2D eigenvalue weighted by Gasteiger charge is -2.35. The van der Waals surface area contributed by atoms with Crippen LogP contribution in [0.3, 0.4) is 0 Å². The normalized spacial score (nSPS) is 23.6. The van der Waals surface area contributed by atoms with Gasteiger partial charge in [0.15, 0.2) is 0 Å². The number of nitrogens with zero attached hydrogens (tertiary/aromatic N) is 1. The summed E-state index contributed by atoms with van der Waals surface area (Å²) in [5.41, 5.74) is 2.71. The van der Waals surface area contributed by atoms with Crippen LogP contribution in [0, 0.1) is 5.41 Å². The summed E-state index contributed by atoms with van der Waals surface area (Å²) in [5, 5.41) is 0. The van der Waals surface area contributed by atoms with Gasteiger partial charge in [-0.2, -0.15) is 0 Å². The van der Waals surface area contributed by atoms with E-state index in [1.807, 2.05) is 6.20 Å². The van der Waals surface area contributed by atoms with Gasteiger partial charge in [-0.1, -0.05) is 13.8 Å². The highest BCUT2D eigenvalue weighted by molar-refractivity contribution is 9.10. The van der Waals surface area contributed by atoms with Crippen molar-refractivity contribution in [1.29, 1.82) is 0 Å². The molecule has 1 aromatic rings. The summed E-state index contributed by atoms with van der Waals surface area (Å²) >= 11 is 3.46. The second-order valence-corrected chi connectivity index (χ2v) is 5.87. The fraction of sp³-hybridized carbons (Fsp3) is 0.583. The van der Waals surface area contributed by atoms with Crippen molar-refractivity contribution in [2.75, 3.05) is 7.11 Å². The van der Waals surface area contributed by atoms with Gasteiger partial charge in [0.2, 0.25) is 0 Å². The summed E-state index contributed by atoms with van der Waals surface area (Å²) in [6.45, 7) is 4.54. The van der Waals surface area contributed by atoms with Crippen molar-refractivity contribution in [1.82, 2.24) is 4.98 Å². The van der Waals surface area contributed by atoms with Gasteiger partial charge in [-0.15, -0.1) is 0 Å². The molecular weight excluding hydrogens is 254 g/mol. The zero-order chi connectivity index (χ0) is 11.1. The zero-order valence-corrected chi connectivity index (χ0v) is 11.0. The molecule has 1 atom stereocenters. The van der Waals surface area contributed by atoms with Gasteiger partial charge < -0.3 is 4.74 Å². The molecule has 1 unspecified atom stereocenters. The summed E-state index contributed by atoms with van der Waals surface area (Å²) in [6.07, 6.45) is 4.16. The molecule has 3 heteroatoms. The van der Waals surface area contributed by atoms with E-state index >= 15 is 0 Å². The van der Waals surface area contributed by atoms with Crippen LogP contribution >= 0.6 is 15.9 Å². The van der Waals surface area contributed by atoms with Crippen LogP contribution in [0.1, 0.15) is 37.6 Å². The van der Waals surface area contributed by atoms with Crippen molar-refractivity contribution in [2.24, 2.45) is 5.41 Å². The monoisotopic (exact) mass is 269 g/mol. The first-order valence-corrected chi connectivity index (χ1v) is 5.98. The van der Waals surface area contributed by atoms with Gasteiger partial charge in [0.1, 0.15) is 0 Å². The molecule has 15 heavy (non-hydrogen) atoms. The third-order valence-corrected chi connectivity index (χ3v) is 3.42. The van der Waals surface area contributed by atoms with Gasteiger partial charge in [0.05, 0.1) is 6.10 Å². The molecule has 0 saturated heterocycles. The zero-order valence-electron chi connectivity index (χ0n) is 9.38. The molecule has 0 saturated carbocycles. The number of hydrogen-bond acceptors (Lipinski definition) is 2. The van der Waals surface area contributed by atoms with E-state index in [1.54, 1.807) is 7.11 Å². The minimum Gasteiger partial charge on any atom is -0.377 e. The summed E-state index contributed by atoms with van der Waals surface area (Å²) < 4.78 is 6.58. The number of pyridine rings is 1. The highest BCUT2D eigenvalue weighted by atomic mass is 79.9. The van der Waals surface area contributed by atoms with Gasteiger partial charge >= 0.3 is 0 Å². The topological polar surface area (TPSA) is 22.1 Å². The molecule has 1 aromatic heterocycles. The number of fused-ring (bicyclic) bond motifs is 1. The van der Waals surface area contributed by atoms with Crippen LogP contribution < -0.4 is 0 Å². The van der Waals surface area contributed by atoms with E-state index in [2.05, 4.69) is 40.8 Å². The lowest BCUT2D eigenvalue weighted by atomic mass is 9.75. The average Bonchev–Trinajstić information content (AvgIpc) is 2.16. The first-order valence-electron chi connectivity index (χ1n) is 5.19. The van der Waals surface area contributed by atoms with Crippen LogP contribution in [0.5, 0.6) is 0 Å². The minimum atomic E-state index is 0.189. The Hall–Kier alpha value is -0.410. The largest absolute Gasteiger partial charge is 0.377 e. The minimum absolute atomic E-state index is 0.189. The Bertz CT molecular complexity index is 376. The molecule has 0 bridgehead atoms. The SMILES string of the molecule is COC1CC(C)(C)Cc2ncc(Br)cc21. The van der Waals surface area contributed by atoms with Crippen LogP contribution in [0.2, 0.25) is 0 Å². The maximum atomic E-state index is 5.55. The maximum Gasteiger partial charge on any atom is 0.0844 e. The highest BCUT2D eigenvalue weighted by Gasteiger charge is 2.33. The Morgan fingerprint density at radius 3 is 2.93 bits per heavy atom. The Balaban J connectivity index is 2.44. The molecule has 1 heterocycles. The van der Waals surface area contributed by atoms with Crippen molar-refractivity contribution in [3.8, 4) is 0 Å². The number of halogens is 1. The van der Waals surface area contributed by atoms with Crippen LogP contribution in [0.15, 0.2) is 16.7 Å². The third kappa shape index (κ3) is 2.23. The number of aromatic nitrogens is 1. The van der Waals surface area contributed by atoms with Crippen LogP contribution in [-0.4, -0.2) is 12.1 Å². The molecular formula is C12H16BrNO. The summed E-state index contributed by atoms with van der Waals surface area (Å²) in [6, 6.07) is 2.13. The van der Waals surface area contributed by atoms with Gasteiger partial charge in [0, 0.05) is 29.0 Å². The molecule has 0 aliphatic heterocycles. The van der Waals surface area contributed by atoms with E-state index < -0.39 is 0 Å². The van der Waals surface area contributed by atoms with Crippen molar-refractivity contribution < 1.29 is 4.74 Å². The second-order valence-electron chi connectivity index (χ2n) is 4.96. The fourth-order valence-electron chi connectivity index (χ4n) is 2.26. The van der Waals surface area contributed by atoms with Crippen molar-refractivity contribution >= 4 is 15.9 Å². The number of rotatable bonds is 1. The van der Waals surface area contributed by atoms with Gasteiger partial charge in [-0.3, -0.25) is 4.98 Å². The van der Waals surface area contributed by atoms with Crippen molar-refractivity contribution in [3.63, 3.8) is 0 Å². The molecule has 0 N–H and O–H groups in total. The van der Waals surface area contributed by atoms with Crippen LogP contribution in [0.4, 0.5) is 0 Å². The van der Waals surface area contributed by atoms with Gasteiger partial charge in [-0.25, -0.2) is 0 Å². The summed E-state index contributed by atoms with van der Waals surface area (Å²) in [7, 11) is 1.77. The van der Waals surface area contributed by atoms with Crippen molar-refractivity contribution in [2.45, 2.75) is 32.8 Å². The van der Waals surface area contributed by atoms with E-state index in [0.29, 0.717) is 0 Å². The Morgan fingerprint density at radius 2 is 2.27 bits per heavy atom. The molecule has 82 valence electrons. The standard InChI is InChI=1S/C12H16BrNO/c1-12(2)5-10-9(11(6-12)15-3)4-8(13)7-14-10/h4,7,11H,5-6H2,1-3H3. The summed E-state index contributed by atoms with van der Waals surface area (Å²) in [5.74, 6) is 0. The average molecular weight is 270 g/mol. The number of methoxy groups -OCH3 is 1. The van der Waals surface area contributed by atoms with E-state index in [1.165, 1.54) is 11.3 Å². The predicted molar refractivity (Wildman–Crippen MR) is 63.8 cm³/mol. The fourth-order valence-corrected chi connectivity index (χ4v) is 2.61. The third-order valence-electron chi connectivity index (χ3n) is 2.99. The Morgan fingerprint density at radius 1 is 1.53 bits per heavy atom. The van der Waals surface area contributed by atoms with E-state index in [9.17, 15) is 0 Å². The number of hydrogen-bond donors (Lipinski definition) is 0. The molecule has 2 nitrogen and oxygen atoms in total. The smallest absolute Gasteiger partial charge is 0.0844 e. The quantitative estimate of drug-likeness (QED) is 0.779. The van der Waals surface area contributed by atoms with E-state index in [-0.39, 0.29) is 11.5 Å². The van der Waals surface area contributed by atoms with Gasteiger partial charge in [0.25, 0.3) is 0 Å². The molecule has 0 radical (unpaired) electrons. The highest BCUT2D eigenvalue weighted by Crippen LogP contribution is 2.41. The molecule has 0 spiro atoms. The Kier molecular flexibility index (Phi) is 2.86. The number of ether oxygens (including phenoxy) is 1. The molecule has 2 rings (SSSR count). The second kappa shape index (κ2) is 3.87. The van der Waals surface area contributed by atoms with E-state index in [0.717, 1.165) is 17.3 Å². The maximum absolute atomic E-state index is 5.55. The summed E-state index contributed by atoms with van der Waals surface area (Å²) in [4.78, 5) is 4.49. The van der Waals surface area contributed by atoms with Crippen LogP contribution in [0.25, 0.3) is 0 Å². The van der Waals surface area contributed by atoms with Crippen LogP contribution in [-0.2, 0) is 11.2 Å². The van der Waals surface area contributed by atoms with E-state index in [4.69, 9.17) is 4.74 Å². The first-order chi connectivity index (χ1) is 7.02. The lowest BCUT2D eigenvalue weighted by molar-refractivity contribution is 0.0491.